The van der Waals surface area contributed by atoms with Gasteiger partial charge in [0.2, 0.25) is 0 Å². The third kappa shape index (κ3) is 8.48. The lowest BCUT2D eigenvalue weighted by Gasteiger charge is -2.17. The van der Waals surface area contributed by atoms with Crippen molar-refractivity contribution in [2.24, 2.45) is 0 Å². The molecule has 5 nitrogen and oxygen atoms in total. The molecular weight excluding hydrogens is 516 g/mol. The minimum atomic E-state index is -1.17. The van der Waals surface area contributed by atoms with Crippen molar-refractivity contribution in [1.29, 1.82) is 0 Å². The van der Waals surface area contributed by atoms with Crippen LogP contribution in [0.15, 0.2) is 60.7 Å². The molecule has 0 aliphatic rings. The molecule has 0 heterocycles. The van der Waals surface area contributed by atoms with Crippen LogP contribution in [-0.2, 0) is 11.2 Å². The Kier molecular flexibility index (Phi) is 10.8. The number of hydrogen-bond donors (Lipinski definition) is 2. The largest absolute Gasteiger partial charge is 0.493 e. The number of halogens is 3. The average Bonchev–Trinajstić information content (AvgIpc) is 2.88. The molecule has 0 saturated carbocycles. The van der Waals surface area contributed by atoms with Gasteiger partial charge < -0.3 is 15.2 Å². The molecule has 3 rings (SSSR count). The second kappa shape index (κ2) is 14.0. The fourth-order valence-electron chi connectivity index (χ4n) is 3.87. The van der Waals surface area contributed by atoms with E-state index in [4.69, 9.17) is 27.9 Å². The summed E-state index contributed by atoms with van der Waals surface area (Å²) in [5.74, 6) is -1.87. The van der Waals surface area contributed by atoms with E-state index in [2.05, 4.69) is 12.2 Å². The normalized spacial score (nSPS) is 11.7. The van der Waals surface area contributed by atoms with Gasteiger partial charge in [-0.3, -0.25) is 4.79 Å². The van der Waals surface area contributed by atoms with Crippen LogP contribution in [-0.4, -0.2) is 29.6 Å². The molecule has 0 radical (unpaired) electrons. The minimum Gasteiger partial charge on any atom is -0.493 e. The Morgan fingerprint density at radius 2 is 1.65 bits per heavy atom. The van der Waals surface area contributed by atoms with Crippen molar-refractivity contribution in [3.63, 3.8) is 0 Å². The Labute approximate surface area is 226 Å². The van der Waals surface area contributed by atoms with Crippen LogP contribution in [0.25, 0.3) is 11.1 Å². The third-order valence-corrected chi connectivity index (χ3v) is 6.47. The molecule has 1 amide bonds. The molecule has 0 saturated heterocycles. The van der Waals surface area contributed by atoms with Gasteiger partial charge >= 0.3 is 5.97 Å². The number of amides is 1. The van der Waals surface area contributed by atoms with E-state index in [1.807, 2.05) is 0 Å². The van der Waals surface area contributed by atoms with Crippen LogP contribution in [0.3, 0.4) is 0 Å². The number of carbonyl (C=O) groups excluding carboxylic acids is 1. The molecule has 8 heteroatoms. The number of carboxylic acids is 1. The summed E-state index contributed by atoms with van der Waals surface area (Å²) in [6, 6.07) is 15.1. The molecule has 0 aliphatic heterocycles. The zero-order valence-electron chi connectivity index (χ0n) is 20.6. The number of carbonyl (C=O) groups is 2. The number of nitrogens with one attached hydrogen (secondary N) is 1. The number of carboxylic acid groups (broad SMARTS) is 1. The molecule has 3 aromatic rings. The highest BCUT2D eigenvalue weighted by molar-refractivity contribution is 6.31. The second-order valence-electron chi connectivity index (χ2n) is 8.80. The van der Waals surface area contributed by atoms with Crippen LogP contribution in [0.5, 0.6) is 5.75 Å². The highest BCUT2D eigenvalue weighted by Crippen LogP contribution is 2.26. The first-order valence-electron chi connectivity index (χ1n) is 12.3. The molecule has 0 spiro atoms. The summed E-state index contributed by atoms with van der Waals surface area (Å²) >= 11 is 12.0. The first kappa shape index (κ1) is 28.5. The topological polar surface area (TPSA) is 75.6 Å². The maximum Gasteiger partial charge on any atom is 0.326 e. The minimum absolute atomic E-state index is 0.0242. The van der Waals surface area contributed by atoms with Gasteiger partial charge in [0.1, 0.15) is 17.6 Å². The molecule has 1 atom stereocenters. The van der Waals surface area contributed by atoms with Crippen molar-refractivity contribution in [3.05, 3.63) is 87.7 Å². The van der Waals surface area contributed by atoms with Gasteiger partial charge in [0.15, 0.2) is 0 Å². The summed E-state index contributed by atoms with van der Waals surface area (Å²) in [5, 5.41) is 12.7. The standard InChI is InChI=1S/C29H30Cl2FNO4/c1-2-3-4-5-6-15-37-27-14-12-22(30)18-23(27)28(34)33-26(29(35)36)16-19-7-9-20(10-8-19)21-11-13-25(32)24(31)17-21/h7-14,17-18,26H,2-6,15-16H2,1H3,(H,33,34)(H,35,36). The van der Waals surface area contributed by atoms with Gasteiger partial charge in [-0.15, -0.1) is 0 Å². The Balaban J connectivity index is 1.67. The van der Waals surface area contributed by atoms with E-state index in [1.165, 1.54) is 24.6 Å². The number of aliphatic carboxylic acids is 1. The average molecular weight is 546 g/mol. The Bertz CT molecular complexity index is 1220. The highest BCUT2D eigenvalue weighted by atomic mass is 35.5. The number of ether oxygens (including phenoxy) is 1. The number of benzene rings is 3. The van der Waals surface area contributed by atoms with E-state index in [0.29, 0.717) is 22.9 Å². The van der Waals surface area contributed by atoms with Gasteiger partial charge in [-0.05, 0) is 53.4 Å². The predicted molar refractivity (Wildman–Crippen MR) is 145 cm³/mol. The van der Waals surface area contributed by atoms with E-state index in [1.54, 1.807) is 42.5 Å². The highest BCUT2D eigenvalue weighted by Gasteiger charge is 2.23. The number of unbranched alkanes of at least 4 members (excludes halogenated alkanes) is 4. The van der Waals surface area contributed by atoms with Gasteiger partial charge in [0.05, 0.1) is 17.2 Å². The maximum absolute atomic E-state index is 13.5. The first-order valence-corrected chi connectivity index (χ1v) is 13.0. The fourth-order valence-corrected chi connectivity index (χ4v) is 4.23. The molecule has 196 valence electrons. The van der Waals surface area contributed by atoms with Crippen molar-refractivity contribution in [3.8, 4) is 16.9 Å². The van der Waals surface area contributed by atoms with E-state index >= 15 is 0 Å². The summed E-state index contributed by atoms with van der Waals surface area (Å²) in [6.07, 6.45) is 5.43. The predicted octanol–water partition coefficient (Wildman–Crippen LogP) is 7.57. The third-order valence-electron chi connectivity index (χ3n) is 5.94. The van der Waals surface area contributed by atoms with Crippen LogP contribution >= 0.6 is 23.2 Å². The van der Waals surface area contributed by atoms with Crippen molar-refractivity contribution in [2.45, 2.75) is 51.5 Å². The SMILES string of the molecule is CCCCCCCOc1ccc(Cl)cc1C(=O)NC(Cc1ccc(-c2ccc(F)c(Cl)c2)cc1)C(=O)O. The first-order chi connectivity index (χ1) is 17.8. The molecule has 37 heavy (non-hydrogen) atoms. The molecule has 0 fully saturated rings. The van der Waals surface area contributed by atoms with Crippen LogP contribution in [0.4, 0.5) is 4.39 Å². The molecule has 0 bridgehead atoms. The van der Waals surface area contributed by atoms with Crippen LogP contribution in [0, 0.1) is 5.82 Å². The lowest BCUT2D eigenvalue weighted by molar-refractivity contribution is -0.139. The monoisotopic (exact) mass is 545 g/mol. The van der Waals surface area contributed by atoms with Gasteiger partial charge in [-0.25, -0.2) is 9.18 Å². The smallest absolute Gasteiger partial charge is 0.326 e. The Hall–Kier alpha value is -3.09. The number of rotatable bonds is 13. The van der Waals surface area contributed by atoms with Gasteiger partial charge in [-0.1, -0.05) is 86.1 Å². The summed E-state index contributed by atoms with van der Waals surface area (Å²) in [4.78, 5) is 25.0. The van der Waals surface area contributed by atoms with Crippen molar-refractivity contribution >= 4 is 35.1 Å². The van der Waals surface area contributed by atoms with Crippen LogP contribution < -0.4 is 10.1 Å². The second-order valence-corrected chi connectivity index (χ2v) is 9.64. The lowest BCUT2D eigenvalue weighted by Crippen LogP contribution is -2.42. The Morgan fingerprint density at radius 1 is 0.946 bits per heavy atom. The molecule has 0 aromatic heterocycles. The van der Waals surface area contributed by atoms with Crippen molar-refractivity contribution < 1.29 is 23.8 Å². The van der Waals surface area contributed by atoms with E-state index in [0.717, 1.165) is 36.8 Å². The molecule has 1 unspecified atom stereocenters. The van der Waals surface area contributed by atoms with Crippen LogP contribution in [0.1, 0.15) is 54.9 Å². The quantitative estimate of drug-likeness (QED) is 0.217. The van der Waals surface area contributed by atoms with Gasteiger partial charge in [-0.2, -0.15) is 0 Å². The zero-order chi connectivity index (χ0) is 26.8. The molecule has 0 aliphatic carbocycles. The van der Waals surface area contributed by atoms with Crippen molar-refractivity contribution in [1.82, 2.24) is 5.32 Å². The summed E-state index contributed by atoms with van der Waals surface area (Å²) in [5.41, 5.74) is 2.44. The van der Waals surface area contributed by atoms with Crippen LogP contribution in [0.2, 0.25) is 10.0 Å². The fraction of sp³-hybridized carbons (Fsp3) is 0.310. The van der Waals surface area contributed by atoms with E-state index in [9.17, 15) is 19.1 Å². The number of hydrogen-bond acceptors (Lipinski definition) is 3. The lowest BCUT2D eigenvalue weighted by atomic mass is 10.0. The van der Waals surface area contributed by atoms with E-state index in [-0.39, 0.29) is 17.0 Å². The molecule has 3 aromatic carbocycles. The summed E-state index contributed by atoms with van der Waals surface area (Å²) in [7, 11) is 0. The summed E-state index contributed by atoms with van der Waals surface area (Å²) in [6.45, 7) is 2.61. The van der Waals surface area contributed by atoms with Crippen molar-refractivity contribution in [2.75, 3.05) is 6.61 Å². The molecular formula is C29H30Cl2FNO4. The summed E-state index contributed by atoms with van der Waals surface area (Å²) < 4.78 is 19.3. The van der Waals surface area contributed by atoms with Gasteiger partial charge in [0, 0.05) is 11.4 Å². The Morgan fingerprint density at radius 3 is 2.32 bits per heavy atom. The molecule has 2 N–H and O–H groups in total. The maximum atomic E-state index is 13.5. The van der Waals surface area contributed by atoms with Gasteiger partial charge in [0.25, 0.3) is 5.91 Å². The van der Waals surface area contributed by atoms with E-state index < -0.39 is 23.7 Å². The zero-order valence-corrected chi connectivity index (χ0v) is 22.1.